The molecule has 5 heteroatoms. The normalized spacial score (nSPS) is 16.7. The van der Waals surface area contributed by atoms with Crippen LogP contribution in [0.1, 0.15) is 18.6 Å². The average Bonchev–Trinajstić information content (AvgIpc) is 2.64. The molecule has 1 aliphatic rings. The molecule has 1 unspecified atom stereocenters. The van der Waals surface area contributed by atoms with Crippen molar-refractivity contribution < 1.29 is 14.2 Å². The fraction of sp³-hybridized carbons (Fsp3) is 0.400. The third-order valence-corrected chi connectivity index (χ3v) is 4.57. The van der Waals surface area contributed by atoms with E-state index in [2.05, 4.69) is 9.80 Å². The summed E-state index contributed by atoms with van der Waals surface area (Å²) in [5.41, 5.74) is 1.55. The van der Waals surface area contributed by atoms with E-state index in [1.54, 1.807) is 6.07 Å². The molecule has 1 atom stereocenters. The summed E-state index contributed by atoms with van der Waals surface area (Å²) in [7, 11) is 0. The summed E-state index contributed by atoms with van der Waals surface area (Å²) in [4.78, 5) is 4.29. The smallest absolute Gasteiger partial charge is 0.146 e. The van der Waals surface area contributed by atoms with Crippen molar-refractivity contribution in [1.29, 1.82) is 0 Å². The molecule has 1 aliphatic heterocycles. The van der Waals surface area contributed by atoms with E-state index in [1.165, 1.54) is 6.07 Å². The number of β-amino-alcohol motifs (C(OH)–C–C–N with tert-alkyl or cyclic N) is 1. The summed E-state index contributed by atoms with van der Waals surface area (Å²) in [6.07, 6.45) is -0.532. The molecular formula is C20H25FN2O2. The minimum absolute atomic E-state index is 0.176. The van der Waals surface area contributed by atoms with Crippen molar-refractivity contribution in [3.63, 3.8) is 0 Å². The van der Waals surface area contributed by atoms with E-state index in [9.17, 15) is 9.50 Å². The van der Waals surface area contributed by atoms with Crippen molar-refractivity contribution in [1.82, 2.24) is 4.90 Å². The number of aliphatic hydroxyl groups is 1. The fourth-order valence-electron chi connectivity index (χ4n) is 3.18. The summed E-state index contributed by atoms with van der Waals surface area (Å²) in [6, 6.07) is 14.5. The zero-order chi connectivity index (χ0) is 17.6. The number of hydrogen-bond acceptors (Lipinski definition) is 4. The Bertz CT molecular complexity index is 670. The molecule has 1 saturated heterocycles. The molecule has 0 aliphatic carbocycles. The fourth-order valence-corrected chi connectivity index (χ4v) is 3.18. The highest BCUT2D eigenvalue weighted by Crippen LogP contribution is 2.22. The van der Waals surface area contributed by atoms with Crippen LogP contribution in [-0.4, -0.2) is 49.3 Å². The van der Waals surface area contributed by atoms with E-state index in [0.717, 1.165) is 37.5 Å². The molecule has 2 aromatic rings. The Kier molecular flexibility index (Phi) is 5.89. The second-order valence-electron chi connectivity index (χ2n) is 6.26. The summed E-state index contributed by atoms with van der Waals surface area (Å²) >= 11 is 0. The molecule has 4 nitrogen and oxygen atoms in total. The molecule has 1 heterocycles. The average molecular weight is 344 g/mol. The second kappa shape index (κ2) is 8.32. The van der Waals surface area contributed by atoms with Crippen molar-refractivity contribution in [3.8, 4) is 5.75 Å². The Balaban J connectivity index is 1.52. The van der Waals surface area contributed by atoms with Crippen LogP contribution in [0, 0.1) is 5.82 Å². The number of halogens is 1. The highest BCUT2D eigenvalue weighted by molar-refractivity contribution is 5.48. The number of anilines is 1. The van der Waals surface area contributed by atoms with Gasteiger partial charge in [0.1, 0.15) is 11.6 Å². The number of hydrogen-bond donors (Lipinski definition) is 1. The van der Waals surface area contributed by atoms with Gasteiger partial charge in [0.05, 0.1) is 18.4 Å². The highest BCUT2D eigenvalue weighted by Gasteiger charge is 2.21. The van der Waals surface area contributed by atoms with Gasteiger partial charge < -0.3 is 14.7 Å². The lowest BCUT2D eigenvalue weighted by atomic mass is 10.1. The molecule has 0 amide bonds. The lowest BCUT2D eigenvalue weighted by Gasteiger charge is -2.37. The van der Waals surface area contributed by atoms with E-state index >= 15 is 0 Å². The van der Waals surface area contributed by atoms with Gasteiger partial charge >= 0.3 is 0 Å². The predicted molar refractivity (Wildman–Crippen MR) is 97.6 cm³/mol. The largest absolute Gasteiger partial charge is 0.494 e. The molecular weight excluding hydrogens is 319 g/mol. The van der Waals surface area contributed by atoms with Crippen LogP contribution in [-0.2, 0) is 0 Å². The Morgan fingerprint density at radius 2 is 1.72 bits per heavy atom. The monoisotopic (exact) mass is 344 g/mol. The molecule has 0 aromatic heterocycles. The molecule has 25 heavy (non-hydrogen) atoms. The summed E-state index contributed by atoms with van der Waals surface area (Å²) in [6.45, 7) is 6.30. The van der Waals surface area contributed by atoms with Crippen LogP contribution < -0.4 is 9.64 Å². The van der Waals surface area contributed by atoms with Crippen molar-refractivity contribution in [2.24, 2.45) is 0 Å². The number of para-hydroxylation sites is 1. The van der Waals surface area contributed by atoms with Crippen LogP contribution in [0.5, 0.6) is 5.75 Å². The SMILES string of the molecule is CCOc1ccc(C(O)CN2CCN(c3ccccc3F)CC2)cc1. The third-order valence-electron chi connectivity index (χ3n) is 4.57. The molecule has 0 saturated carbocycles. The minimum Gasteiger partial charge on any atom is -0.494 e. The maximum atomic E-state index is 13.9. The van der Waals surface area contributed by atoms with Gasteiger partial charge in [-0.15, -0.1) is 0 Å². The van der Waals surface area contributed by atoms with Crippen molar-refractivity contribution in [2.45, 2.75) is 13.0 Å². The van der Waals surface area contributed by atoms with Crippen molar-refractivity contribution in [2.75, 3.05) is 44.2 Å². The zero-order valence-electron chi connectivity index (χ0n) is 14.6. The quantitative estimate of drug-likeness (QED) is 0.874. The Hall–Kier alpha value is -2.11. The number of piperazine rings is 1. The number of aliphatic hydroxyl groups excluding tert-OH is 1. The van der Waals surface area contributed by atoms with Gasteiger partial charge in [0.25, 0.3) is 0 Å². The topological polar surface area (TPSA) is 35.9 Å². The van der Waals surface area contributed by atoms with Gasteiger partial charge in [-0.25, -0.2) is 4.39 Å². The first-order valence-electron chi connectivity index (χ1n) is 8.80. The number of ether oxygens (including phenoxy) is 1. The van der Waals surface area contributed by atoms with E-state index in [-0.39, 0.29) is 5.82 Å². The van der Waals surface area contributed by atoms with E-state index < -0.39 is 6.10 Å². The molecule has 0 bridgehead atoms. The van der Waals surface area contributed by atoms with Gasteiger partial charge in [0, 0.05) is 32.7 Å². The standard InChI is InChI=1S/C20H25FN2O2/c1-2-25-17-9-7-16(8-10-17)20(24)15-22-11-13-23(14-12-22)19-6-4-3-5-18(19)21/h3-10,20,24H,2,11-15H2,1H3. The molecule has 0 radical (unpaired) electrons. The van der Waals surface area contributed by atoms with Crippen LogP contribution in [0.2, 0.25) is 0 Å². The van der Waals surface area contributed by atoms with Gasteiger partial charge in [-0.3, -0.25) is 4.90 Å². The minimum atomic E-state index is -0.532. The lowest BCUT2D eigenvalue weighted by Crippen LogP contribution is -2.47. The molecule has 134 valence electrons. The lowest BCUT2D eigenvalue weighted by molar-refractivity contribution is 0.109. The highest BCUT2D eigenvalue weighted by atomic mass is 19.1. The van der Waals surface area contributed by atoms with Crippen molar-refractivity contribution in [3.05, 3.63) is 59.9 Å². The van der Waals surface area contributed by atoms with Crippen LogP contribution in [0.25, 0.3) is 0 Å². The first kappa shape index (κ1) is 17.7. The van der Waals surface area contributed by atoms with Crippen LogP contribution in [0.15, 0.2) is 48.5 Å². The molecule has 2 aromatic carbocycles. The second-order valence-corrected chi connectivity index (χ2v) is 6.26. The molecule has 3 rings (SSSR count). The first-order chi connectivity index (χ1) is 12.2. The van der Waals surface area contributed by atoms with Gasteiger partial charge in [0.15, 0.2) is 0 Å². The number of benzene rings is 2. The van der Waals surface area contributed by atoms with Crippen molar-refractivity contribution >= 4 is 5.69 Å². The predicted octanol–water partition coefficient (Wildman–Crippen LogP) is 3.08. The van der Waals surface area contributed by atoms with Crippen LogP contribution in [0.4, 0.5) is 10.1 Å². The zero-order valence-corrected chi connectivity index (χ0v) is 14.6. The summed E-state index contributed by atoms with van der Waals surface area (Å²) in [5.74, 6) is 0.641. The maximum Gasteiger partial charge on any atom is 0.146 e. The molecule has 1 fully saturated rings. The van der Waals surface area contributed by atoms with Gasteiger partial charge in [0.2, 0.25) is 0 Å². The first-order valence-corrected chi connectivity index (χ1v) is 8.80. The maximum absolute atomic E-state index is 13.9. The van der Waals surface area contributed by atoms with Gasteiger partial charge in [-0.05, 0) is 36.8 Å². The van der Waals surface area contributed by atoms with Gasteiger partial charge in [-0.2, -0.15) is 0 Å². The van der Waals surface area contributed by atoms with Gasteiger partial charge in [-0.1, -0.05) is 24.3 Å². The van der Waals surface area contributed by atoms with E-state index in [0.29, 0.717) is 18.8 Å². The van der Waals surface area contributed by atoms with Crippen LogP contribution >= 0.6 is 0 Å². The Morgan fingerprint density at radius 3 is 2.36 bits per heavy atom. The van der Waals surface area contributed by atoms with E-state index in [4.69, 9.17) is 4.74 Å². The summed E-state index contributed by atoms with van der Waals surface area (Å²) < 4.78 is 19.3. The Morgan fingerprint density at radius 1 is 1.04 bits per heavy atom. The summed E-state index contributed by atoms with van der Waals surface area (Å²) in [5, 5.41) is 10.5. The van der Waals surface area contributed by atoms with Crippen LogP contribution in [0.3, 0.4) is 0 Å². The molecule has 1 N–H and O–H groups in total. The number of rotatable bonds is 6. The Labute approximate surface area is 148 Å². The molecule has 0 spiro atoms. The number of nitrogens with zero attached hydrogens (tertiary/aromatic N) is 2. The third kappa shape index (κ3) is 4.50. The van der Waals surface area contributed by atoms with E-state index in [1.807, 2.05) is 43.3 Å².